The maximum absolute atomic E-state index is 12.0. The average Bonchev–Trinajstić information content (AvgIpc) is 2.46. The first kappa shape index (κ1) is 13.3. The van der Waals surface area contributed by atoms with Crippen LogP contribution in [0.4, 0.5) is 5.69 Å². The Morgan fingerprint density at radius 2 is 1.53 bits per heavy atom. The van der Waals surface area contributed by atoms with Crippen molar-refractivity contribution in [2.45, 2.75) is 13.2 Å². The summed E-state index contributed by atoms with van der Waals surface area (Å²) in [6, 6.07) is 19.2. The largest absolute Gasteiger partial charge is 0.357 e. The molecule has 0 aromatic heterocycles. The zero-order chi connectivity index (χ0) is 13.7. The average molecular weight is 255 g/mol. The molecule has 0 aliphatic heterocycles. The number of hydrogen-bond donors (Lipinski definition) is 0. The molecule has 2 rings (SSSR count). The van der Waals surface area contributed by atoms with Crippen LogP contribution in [0.1, 0.15) is 18.7 Å². The van der Waals surface area contributed by atoms with E-state index in [-0.39, 0.29) is 5.91 Å². The molecule has 1 amide bonds. The summed E-state index contributed by atoms with van der Waals surface area (Å²) >= 11 is 0. The van der Waals surface area contributed by atoms with Crippen molar-refractivity contribution in [2.24, 2.45) is 0 Å². The van der Waals surface area contributed by atoms with Crippen LogP contribution in [0, 0.1) is 0 Å². The third-order valence-electron chi connectivity index (χ3n) is 2.92. The Bertz CT molecular complexity index is 525. The van der Waals surface area contributed by atoms with Crippen molar-refractivity contribution in [3.8, 4) is 0 Å². The molecule has 2 aromatic carbocycles. The number of methoxy groups -OCH3 is 1. The summed E-state index contributed by atoms with van der Waals surface area (Å²) in [5.41, 5.74) is 1.77. The van der Waals surface area contributed by atoms with Gasteiger partial charge in [0, 0.05) is 25.3 Å². The molecule has 1 atom stereocenters. The minimum absolute atomic E-state index is 0.0538. The molecule has 98 valence electrons. The van der Waals surface area contributed by atoms with E-state index in [1.165, 1.54) is 0 Å². The lowest BCUT2D eigenvalue weighted by Crippen LogP contribution is -2.34. The molecule has 0 N–H and O–H groups in total. The van der Waals surface area contributed by atoms with Gasteiger partial charge >= 0.3 is 0 Å². The van der Waals surface area contributed by atoms with Gasteiger partial charge < -0.3 is 4.74 Å². The van der Waals surface area contributed by atoms with E-state index in [4.69, 9.17) is 4.74 Å². The van der Waals surface area contributed by atoms with Crippen molar-refractivity contribution in [3.63, 3.8) is 0 Å². The minimum Gasteiger partial charge on any atom is -0.357 e. The number of ether oxygens (including phenoxy) is 1. The molecule has 19 heavy (non-hydrogen) atoms. The highest BCUT2D eigenvalue weighted by atomic mass is 16.5. The Hall–Kier alpha value is -2.13. The number of anilines is 1. The Balaban J connectivity index is 2.41. The van der Waals surface area contributed by atoms with E-state index < -0.39 is 6.23 Å². The van der Waals surface area contributed by atoms with Crippen molar-refractivity contribution < 1.29 is 9.53 Å². The molecular formula is C16H17NO2. The summed E-state index contributed by atoms with van der Waals surface area (Å²) < 4.78 is 5.52. The Labute approximate surface area is 113 Å². The molecule has 0 radical (unpaired) electrons. The first-order chi connectivity index (χ1) is 9.24. The summed E-state index contributed by atoms with van der Waals surface area (Å²) in [4.78, 5) is 13.6. The zero-order valence-corrected chi connectivity index (χ0v) is 11.1. The molecule has 1 unspecified atom stereocenters. The first-order valence-electron chi connectivity index (χ1n) is 6.16. The normalized spacial score (nSPS) is 11.9. The number of carbonyl (C=O) groups is 1. The van der Waals surface area contributed by atoms with Gasteiger partial charge in [-0.1, -0.05) is 48.5 Å². The van der Waals surface area contributed by atoms with Crippen molar-refractivity contribution in [2.75, 3.05) is 12.0 Å². The Morgan fingerprint density at radius 3 is 2.00 bits per heavy atom. The Morgan fingerprint density at radius 1 is 1.00 bits per heavy atom. The second-order valence-corrected chi connectivity index (χ2v) is 4.22. The van der Waals surface area contributed by atoms with Gasteiger partial charge in [-0.2, -0.15) is 0 Å². The molecule has 0 heterocycles. The van der Waals surface area contributed by atoms with Crippen molar-refractivity contribution >= 4 is 11.6 Å². The number of rotatable bonds is 4. The van der Waals surface area contributed by atoms with Gasteiger partial charge in [-0.05, 0) is 12.1 Å². The molecule has 0 aliphatic carbocycles. The lowest BCUT2D eigenvalue weighted by Gasteiger charge is -2.30. The predicted octanol–water partition coefficient (Wildman–Crippen LogP) is 3.38. The summed E-state index contributed by atoms with van der Waals surface area (Å²) in [5.74, 6) is -0.0538. The summed E-state index contributed by atoms with van der Waals surface area (Å²) in [6.07, 6.45) is -0.416. The summed E-state index contributed by atoms with van der Waals surface area (Å²) in [5, 5.41) is 0. The summed E-state index contributed by atoms with van der Waals surface area (Å²) in [6.45, 7) is 1.54. The van der Waals surface area contributed by atoms with Gasteiger partial charge in [0.2, 0.25) is 5.91 Å². The van der Waals surface area contributed by atoms with Gasteiger partial charge in [0.25, 0.3) is 0 Å². The highest BCUT2D eigenvalue weighted by Crippen LogP contribution is 2.27. The SMILES string of the molecule is COC(c1ccccc1)N(C(C)=O)c1ccccc1. The number of nitrogens with zero attached hydrogens (tertiary/aromatic N) is 1. The van der Waals surface area contributed by atoms with Crippen LogP contribution in [0.25, 0.3) is 0 Å². The van der Waals surface area contributed by atoms with E-state index in [1.807, 2.05) is 60.7 Å². The minimum atomic E-state index is -0.416. The smallest absolute Gasteiger partial charge is 0.226 e. The van der Waals surface area contributed by atoms with Gasteiger partial charge in [0.05, 0.1) is 0 Å². The van der Waals surface area contributed by atoms with E-state index in [9.17, 15) is 4.79 Å². The second-order valence-electron chi connectivity index (χ2n) is 4.22. The predicted molar refractivity (Wildman–Crippen MR) is 75.8 cm³/mol. The molecule has 3 nitrogen and oxygen atoms in total. The van der Waals surface area contributed by atoms with E-state index in [2.05, 4.69) is 0 Å². The standard InChI is InChI=1S/C16H17NO2/c1-13(18)17(15-11-7-4-8-12-15)16(19-2)14-9-5-3-6-10-14/h3-12,16H,1-2H3. The van der Waals surface area contributed by atoms with Gasteiger partial charge in [-0.3, -0.25) is 9.69 Å². The molecule has 0 bridgehead atoms. The van der Waals surface area contributed by atoms with E-state index >= 15 is 0 Å². The molecular weight excluding hydrogens is 238 g/mol. The summed E-state index contributed by atoms with van der Waals surface area (Å²) in [7, 11) is 1.61. The number of carbonyl (C=O) groups excluding carboxylic acids is 1. The highest BCUT2D eigenvalue weighted by Gasteiger charge is 2.23. The lowest BCUT2D eigenvalue weighted by atomic mass is 10.1. The third-order valence-corrected chi connectivity index (χ3v) is 2.92. The number of amides is 1. The molecule has 0 aliphatic rings. The number of para-hydroxylation sites is 1. The second kappa shape index (κ2) is 6.16. The van der Waals surface area contributed by atoms with Crippen LogP contribution in [0.15, 0.2) is 60.7 Å². The molecule has 2 aromatic rings. The quantitative estimate of drug-likeness (QED) is 0.784. The fraction of sp³-hybridized carbons (Fsp3) is 0.188. The monoisotopic (exact) mass is 255 g/mol. The third kappa shape index (κ3) is 3.01. The van der Waals surface area contributed by atoms with Gasteiger partial charge in [-0.25, -0.2) is 0 Å². The highest BCUT2D eigenvalue weighted by molar-refractivity contribution is 5.92. The van der Waals surface area contributed by atoms with Crippen LogP contribution >= 0.6 is 0 Å². The fourth-order valence-electron chi connectivity index (χ4n) is 2.08. The van der Waals surface area contributed by atoms with Gasteiger partial charge in [0.1, 0.15) is 0 Å². The van der Waals surface area contributed by atoms with Gasteiger partial charge in [0.15, 0.2) is 6.23 Å². The number of hydrogen-bond acceptors (Lipinski definition) is 2. The van der Waals surface area contributed by atoms with E-state index in [1.54, 1.807) is 18.9 Å². The maximum Gasteiger partial charge on any atom is 0.226 e. The van der Waals surface area contributed by atoms with E-state index in [0.29, 0.717) is 0 Å². The first-order valence-corrected chi connectivity index (χ1v) is 6.16. The van der Waals surface area contributed by atoms with Crippen LogP contribution in [0.3, 0.4) is 0 Å². The molecule has 0 fully saturated rings. The molecule has 3 heteroatoms. The molecule has 0 saturated carbocycles. The lowest BCUT2D eigenvalue weighted by molar-refractivity contribution is -0.119. The van der Waals surface area contributed by atoms with Crippen molar-refractivity contribution in [1.82, 2.24) is 0 Å². The van der Waals surface area contributed by atoms with Crippen LogP contribution in [0.5, 0.6) is 0 Å². The fourth-order valence-corrected chi connectivity index (χ4v) is 2.08. The van der Waals surface area contributed by atoms with Crippen molar-refractivity contribution in [3.05, 3.63) is 66.2 Å². The topological polar surface area (TPSA) is 29.5 Å². The van der Waals surface area contributed by atoms with Crippen LogP contribution in [-0.2, 0) is 9.53 Å². The maximum atomic E-state index is 12.0. The zero-order valence-electron chi connectivity index (χ0n) is 11.1. The van der Waals surface area contributed by atoms with Crippen LogP contribution in [-0.4, -0.2) is 13.0 Å². The van der Waals surface area contributed by atoms with Crippen LogP contribution in [0.2, 0.25) is 0 Å². The van der Waals surface area contributed by atoms with Crippen LogP contribution < -0.4 is 4.90 Å². The van der Waals surface area contributed by atoms with E-state index in [0.717, 1.165) is 11.3 Å². The van der Waals surface area contributed by atoms with Crippen molar-refractivity contribution in [1.29, 1.82) is 0 Å². The Kier molecular flexibility index (Phi) is 4.31. The molecule has 0 saturated heterocycles. The number of benzene rings is 2. The molecule has 0 spiro atoms. The van der Waals surface area contributed by atoms with Gasteiger partial charge in [-0.15, -0.1) is 0 Å².